The fourth-order valence-corrected chi connectivity index (χ4v) is 2.77. The van der Waals surface area contributed by atoms with E-state index in [0.717, 1.165) is 11.1 Å². The summed E-state index contributed by atoms with van der Waals surface area (Å²) >= 11 is 0. The van der Waals surface area contributed by atoms with Gasteiger partial charge in [0.2, 0.25) is 0 Å². The highest BCUT2D eigenvalue weighted by Gasteiger charge is 2.08. The maximum absolute atomic E-state index is 11.9. The molecule has 0 atom stereocenters. The van der Waals surface area contributed by atoms with Gasteiger partial charge in [-0.05, 0) is 59.7 Å². The first-order chi connectivity index (χ1) is 16.6. The number of methoxy groups -OCH3 is 2. The molecule has 0 radical (unpaired) electrons. The lowest BCUT2D eigenvalue weighted by Crippen LogP contribution is -2.15. The van der Waals surface area contributed by atoms with Crippen molar-refractivity contribution in [2.75, 3.05) is 27.4 Å². The smallest absolute Gasteiger partial charge is 0.344 e. The van der Waals surface area contributed by atoms with E-state index in [9.17, 15) is 9.59 Å². The average molecular weight is 466 g/mol. The van der Waals surface area contributed by atoms with Crippen molar-refractivity contribution in [1.29, 1.82) is 0 Å². The molecule has 0 bridgehead atoms. The molecule has 0 saturated heterocycles. The van der Waals surface area contributed by atoms with Gasteiger partial charge in [0.15, 0.2) is 13.2 Å². The Bertz CT molecular complexity index is 957. The van der Waals surface area contributed by atoms with Crippen LogP contribution in [0.3, 0.4) is 0 Å². The van der Waals surface area contributed by atoms with E-state index in [4.69, 9.17) is 28.4 Å². The Morgan fingerprint density at radius 1 is 0.529 bits per heavy atom. The fourth-order valence-electron chi connectivity index (χ4n) is 2.77. The summed E-state index contributed by atoms with van der Waals surface area (Å²) in [6, 6.07) is 21.0. The Morgan fingerprint density at radius 3 is 1.18 bits per heavy atom. The van der Waals surface area contributed by atoms with Gasteiger partial charge in [0.1, 0.15) is 36.2 Å². The fraction of sp³-hybridized carbons (Fsp3) is 0.231. The maximum Gasteiger partial charge on any atom is 0.344 e. The number of benzene rings is 3. The number of ether oxygens (including phenoxy) is 6. The zero-order chi connectivity index (χ0) is 24.2. The monoisotopic (exact) mass is 466 g/mol. The molecule has 0 unspecified atom stereocenters. The van der Waals surface area contributed by atoms with Crippen molar-refractivity contribution in [2.24, 2.45) is 0 Å². The van der Waals surface area contributed by atoms with Crippen molar-refractivity contribution in [3.8, 4) is 23.0 Å². The van der Waals surface area contributed by atoms with E-state index in [1.807, 2.05) is 0 Å². The Morgan fingerprint density at radius 2 is 0.853 bits per heavy atom. The number of carbonyl (C=O) groups is 2. The molecule has 0 heterocycles. The molecular weight excluding hydrogens is 440 g/mol. The molecule has 3 rings (SSSR count). The molecule has 0 aliphatic carbocycles. The largest absolute Gasteiger partial charge is 0.497 e. The van der Waals surface area contributed by atoms with Crippen LogP contribution in [-0.4, -0.2) is 39.4 Å². The van der Waals surface area contributed by atoms with Crippen molar-refractivity contribution in [2.45, 2.75) is 13.2 Å². The summed E-state index contributed by atoms with van der Waals surface area (Å²) in [5, 5.41) is 0. The molecule has 0 saturated carbocycles. The highest BCUT2D eigenvalue weighted by atomic mass is 16.6. The number of esters is 2. The number of carbonyl (C=O) groups excluding carboxylic acids is 2. The molecule has 8 nitrogen and oxygen atoms in total. The zero-order valence-corrected chi connectivity index (χ0v) is 19.0. The number of hydrogen-bond acceptors (Lipinski definition) is 8. The molecular formula is C26H26O8. The van der Waals surface area contributed by atoms with Gasteiger partial charge in [0.25, 0.3) is 0 Å². The molecule has 178 valence electrons. The van der Waals surface area contributed by atoms with Gasteiger partial charge < -0.3 is 28.4 Å². The minimum absolute atomic E-state index is 0.112. The summed E-state index contributed by atoms with van der Waals surface area (Å²) in [7, 11) is 3.15. The Labute approximate surface area is 197 Å². The van der Waals surface area contributed by atoms with Gasteiger partial charge in [0.05, 0.1) is 14.2 Å². The van der Waals surface area contributed by atoms with E-state index in [1.165, 1.54) is 0 Å². The van der Waals surface area contributed by atoms with Gasteiger partial charge in [-0.1, -0.05) is 24.3 Å². The number of hydrogen-bond donors (Lipinski definition) is 0. The van der Waals surface area contributed by atoms with Crippen LogP contribution in [0.1, 0.15) is 11.1 Å². The molecule has 0 fully saturated rings. The van der Waals surface area contributed by atoms with Gasteiger partial charge in [-0.25, -0.2) is 9.59 Å². The Hall–Kier alpha value is -4.20. The zero-order valence-electron chi connectivity index (χ0n) is 19.0. The first-order valence-corrected chi connectivity index (χ1v) is 10.5. The average Bonchev–Trinajstić information content (AvgIpc) is 2.89. The van der Waals surface area contributed by atoms with E-state index in [1.54, 1.807) is 87.0 Å². The molecule has 0 amide bonds. The normalized spacial score (nSPS) is 10.2. The third-order valence-corrected chi connectivity index (χ3v) is 4.65. The lowest BCUT2D eigenvalue weighted by atomic mass is 10.1. The molecule has 8 heteroatoms. The summed E-state index contributed by atoms with van der Waals surface area (Å²) in [6.45, 7) is -0.168. The predicted octanol–water partition coefficient (Wildman–Crippen LogP) is 3.95. The van der Waals surface area contributed by atoms with E-state index in [-0.39, 0.29) is 26.4 Å². The van der Waals surface area contributed by atoms with E-state index < -0.39 is 11.9 Å². The van der Waals surface area contributed by atoms with Crippen molar-refractivity contribution < 1.29 is 38.0 Å². The lowest BCUT2D eigenvalue weighted by molar-refractivity contribution is -0.148. The highest BCUT2D eigenvalue weighted by molar-refractivity contribution is 5.71. The van der Waals surface area contributed by atoms with Crippen LogP contribution in [-0.2, 0) is 32.3 Å². The maximum atomic E-state index is 11.9. The molecule has 0 aliphatic rings. The summed E-state index contributed by atoms with van der Waals surface area (Å²) in [5.41, 5.74) is 1.60. The molecule has 0 N–H and O–H groups in total. The molecule has 0 aromatic heterocycles. The van der Waals surface area contributed by atoms with Gasteiger partial charge in [-0.15, -0.1) is 0 Å². The van der Waals surface area contributed by atoms with Crippen LogP contribution in [0.15, 0.2) is 72.8 Å². The first kappa shape index (κ1) is 24.4. The topological polar surface area (TPSA) is 89.5 Å². The molecule has 0 spiro atoms. The van der Waals surface area contributed by atoms with Crippen molar-refractivity contribution >= 4 is 11.9 Å². The van der Waals surface area contributed by atoms with Gasteiger partial charge in [-0.3, -0.25) is 0 Å². The number of rotatable bonds is 12. The summed E-state index contributed by atoms with van der Waals surface area (Å²) in [4.78, 5) is 23.8. The van der Waals surface area contributed by atoms with Crippen molar-refractivity contribution in [3.63, 3.8) is 0 Å². The SMILES string of the molecule is COc1ccc(OCC(=O)OCc2ccc(COC(=O)COc3ccc(OC)cc3)cc2)cc1. The second kappa shape index (κ2) is 12.7. The van der Waals surface area contributed by atoms with E-state index >= 15 is 0 Å². The summed E-state index contributed by atoms with van der Waals surface area (Å²) in [5.74, 6) is 1.54. The standard InChI is InChI=1S/C26H26O8/c1-29-21-7-11-23(12-8-21)31-17-25(27)33-15-19-3-5-20(6-4-19)16-34-26(28)18-32-24-13-9-22(30-2)10-14-24/h3-14H,15-18H2,1-2H3. The highest BCUT2D eigenvalue weighted by Crippen LogP contribution is 2.18. The van der Waals surface area contributed by atoms with Gasteiger partial charge in [0, 0.05) is 0 Å². The minimum atomic E-state index is -0.481. The van der Waals surface area contributed by atoms with Crippen LogP contribution < -0.4 is 18.9 Å². The minimum Gasteiger partial charge on any atom is -0.497 e. The predicted molar refractivity (Wildman–Crippen MR) is 123 cm³/mol. The van der Waals surface area contributed by atoms with Gasteiger partial charge in [-0.2, -0.15) is 0 Å². The van der Waals surface area contributed by atoms with Crippen molar-refractivity contribution in [1.82, 2.24) is 0 Å². The quantitative estimate of drug-likeness (QED) is 0.371. The van der Waals surface area contributed by atoms with Crippen LogP contribution in [0.25, 0.3) is 0 Å². The molecule has 3 aromatic carbocycles. The van der Waals surface area contributed by atoms with Crippen LogP contribution >= 0.6 is 0 Å². The van der Waals surface area contributed by atoms with E-state index in [0.29, 0.717) is 23.0 Å². The lowest BCUT2D eigenvalue weighted by Gasteiger charge is -2.09. The molecule has 0 aliphatic heterocycles. The molecule has 3 aromatic rings. The Balaban J connectivity index is 1.33. The second-order valence-electron chi connectivity index (χ2n) is 7.07. The van der Waals surface area contributed by atoms with Gasteiger partial charge >= 0.3 is 11.9 Å². The van der Waals surface area contributed by atoms with Crippen molar-refractivity contribution in [3.05, 3.63) is 83.9 Å². The summed E-state index contributed by atoms with van der Waals surface area (Å²) < 4.78 is 31.4. The second-order valence-corrected chi connectivity index (χ2v) is 7.07. The molecule has 34 heavy (non-hydrogen) atoms. The third-order valence-electron chi connectivity index (χ3n) is 4.65. The summed E-state index contributed by atoms with van der Waals surface area (Å²) in [6.07, 6.45) is 0. The van der Waals surface area contributed by atoms with Crippen LogP contribution in [0.5, 0.6) is 23.0 Å². The van der Waals surface area contributed by atoms with E-state index in [2.05, 4.69) is 0 Å². The van der Waals surface area contributed by atoms with Crippen LogP contribution in [0.4, 0.5) is 0 Å². The van der Waals surface area contributed by atoms with Crippen LogP contribution in [0, 0.1) is 0 Å². The third kappa shape index (κ3) is 8.05. The Kier molecular flexibility index (Phi) is 9.16. The van der Waals surface area contributed by atoms with Crippen LogP contribution in [0.2, 0.25) is 0 Å². The first-order valence-electron chi connectivity index (χ1n) is 10.5.